The van der Waals surface area contributed by atoms with Gasteiger partial charge in [0, 0.05) is 79.5 Å². The van der Waals surface area contributed by atoms with Gasteiger partial charge in [0.15, 0.2) is 10.9 Å². The number of nitrogens with zero attached hydrogens (tertiary/aromatic N) is 7. The van der Waals surface area contributed by atoms with Crippen molar-refractivity contribution in [2.45, 2.75) is 38.0 Å². The third kappa shape index (κ3) is 6.90. The number of rotatable bonds is 9. The van der Waals surface area contributed by atoms with Crippen molar-refractivity contribution >= 4 is 57.7 Å². The van der Waals surface area contributed by atoms with Gasteiger partial charge in [-0.2, -0.15) is 0 Å². The molecule has 5 aromatic rings. The van der Waals surface area contributed by atoms with Crippen molar-refractivity contribution in [2.75, 3.05) is 36.4 Å². The Bertz CT molecular complexity index is 2620. The van der Waals surface area contributed by atoms with Crippen molar-refractivity contribution in [2.24, 2.45) is 0 Å². The van der Waals surface area contributed by atoms with Gasteiger partial charge in [-0.1, -0.05) is 18.2 Å². The Balaban J connectivity index is 0.851. The normalized spacial score (nSPS) is 18.5. The van der Waals surface area contributed by atoms with Gasteiger partial charge in [-0.3, -0.25) is 49.2 Å². The number of amides is 6. The lowest BCUT2D eigenvalue weighted by atomic mass is 10.0. The number of carbonyl (C=O) groups is 6. The minimum absolute atomic E-state index is 0.0248. The average Bonchev–Trinajstić information content (AvgIpc) is 3.94. The summed E-state index contributed by atoms with van der Waals surface area (Å²) in [5.41, 5.74) is 1.71. The molecule has 2 unspecified atom stereocenters. The molecule has 6 amide bonds. The Labute approximate surface area is 343 Å². The molecule has 3 N–H and O–H groups in total. The van der Waals surface area contributed by atoms with Gasteiger partial charge in [-0.05, 0) is 54.4 Å². The number of anilines is 2. The Morgan fingerprint density at radius 3 is 2.47 bits per heavy atom. The lowest BCUT2D eigenvalue weighted by Gasteiger charge is -2.35. The highest BCUT2D eigenvalue weighted by atomic mass is 32.1. The minimum Gasteiger partial charge on any atom is -0.508 e. The maximum absolute atomic E-state index is 15.8. The summed E-state index contributed by atoms with van der Waals surface area (Å²) >= 11 is 1.17. The van der Waals surface area contributed by atoms with E-state index < -0.39 is 59.2 Å². The van der Waals surface area contributed by atoms with Crippen LogP contribution in [0.2, 0.25) is 0 Å². The molecule has 6 heterocycles. The molecule has 0 saturated carbocycles. The summed E-state index contributed by atoms with van der Waals surface area (Å²) in [4.78, 5) is 88.0. The van der Waals surface area contributed by atoms with Crippen LogP contribution >= 0.6 is 11.3 Å². The number of halogens is 2. The van der Waals surface area contributed by atoms with E-state index in [1.807, 2.05) is 15.9 Å². The SMILES string of the molecule is O=C1CCC(N2C(=O)c3ccc(CN4CCN(c5ccc(-c6ccc7c(c6)C(=O)N(C(C(=O)Nc6nccs6)c6cc(F)ccc6O)C7)nn5)CC4)c(F)c3C2=O)C(=O)N1. The number of nitrogens with one attached hydrogen (secondary N) is 2. The van der Waals surface area contributed by atoms with Gasteiger partial charge in [0.25, 0.3) is 23.6 Å². The fraction of sp³-hybridized carbons (Fsp3) is 0.244. The van der Waals surface area contributed by atoms with E-state index in [4.69, 9.17) is 0 Å². The van der Waals surface area contributed by atoms with E-state index in [1.54, 1.807) is 29.6 Å². The zero-order valence-electron chi connectivity index (χ0n) is 31.4. The first kappa shape index (κ1) is 38.5. The molecule has 60 heavy (non-hydrogen) atoms. The Kier molecular flexibility index (Phi) is 9.83. The molecule has 3 aromatic carbocycles. The summed E-state index contributed by atoms with van der Waals surface area (Å²) in [6, 6.07) is 12.3. The van der Waals surface area contributed by atoms with Crippen molar-refractivity contribution in [1.29, 1.82) is 0 Å². The van der Waals surface area contributed by atoms with Crippen LogP contribution in [0.5, 0.6) is 5.75 Å². The molecule has 304 valence electrons. The lowest BCUT2D eigenvalue weighted by molar-refractivity contribution is -0.136. The fourth-order valence-corrected chi connectivity index (χ4v) is 8.58. The van der Waals surface area contributed by atoms with Gasteiger partial charge in [0.05, 0.1) is 16.8 Å². The van der Waals surface area contributed by atoms with Crippen LogP contribution < -0.4 is 15.5 Å². The minimum atomic E-state index is -1.37. The molecule has 2 fully saturated rings. The third-order valence-corrected chi connectivity index (χ3v) is 11.8. The highest BCUT2D eigenvalue weighted by molar-refractivity contribution is 7.13. The maximum atomic E-state index is 15.8. The first-order valence-electron chi connectivity index (χ1n) is 18.9. The number of aromatic nitrogens is 3. The van der Waals surface area contributed by atoms with Crippen LogP contribution in [0.1, 0.15) is 66.6 Å². The number of hydrogen-bond acceptors (Lipinski definition) is 13. The van der Waals surface area contributed by atoms with Gasteiger partial charge in [-0.15, -0.1) is 21.5 Å². The van der Waals surface area contributed by atoms with E-state index in [9.17, 15) is 38.3 Å². The molecule has 16 nitrogen and oxygen atoms in total. The smallest absolute Gasteiger partial charge is 0.265 e. The van der Waals surface area contributed by atoms with Crippen LogP contribution in [0.3, 0.4) is 0 Å². The molecule has 2 aromatic heterocycles. The second-order valence-corrected chi connectivity index (χ2v) is 15.6. The third-order valence-electron chi connectivity index (χ3n) is 11.1. The van der Waals surface area contributed by atoms with Crippen molar-refractivity contribution < 1.29 is 42.7 Å². The van der Waals surface area contributed by atoms with E-state index in [0.29, 0.717) is 54.4 Å². The molecule has 19 heteroatoms. The van der Waals surface area contributed by atoms with E-state index in [2.05, 4.69) is 25.8 Å². The van der Waals surface area contributed by atoms with Crippen LogP contribution in [0.4, 0.5) is 19.7 Å². The summed E-state index contributed by atoms with van der Waals surface area (Å²) in [6.07, 6.45) is 1.44. The van der Waals surface area contributed by atoms with Crippen molar-refractivity contribution in [3.63, 3.8) is 0 Å². The summed E-state index contributed by atoms with van der Waals surface area (Å²) < 4.78 is 30.2. The number of hydrogen-bond donors (Lipinski definition) is 3. The van der Waals surface area contributed by atoms with E-state index in [0.717, 1.165) is 23.1 Å². The van der Waals surface area contributed by atoms with Crippen LogP contribution in [0.25, 0.3) is 11.3 Å². The number of piperazine rings is 1. The molecule has 0 spiro atoms. The van der Waals surface area contributed by atoms with Gasteiger partial charge in [0.2, 0.25) is 11.8 Å². The molecular weight excluding hydrogens is 801 g/mol. The Morgan fingerprint density at radius 2 is 1.73 bits per heavy atom. The highest BCUT2D eigenvalue weighted by Gasteiger charge is 2.46. The van der Waals surface area contributed by atoms with Crippen LogP contribution in [0.15, 0.2) is 72.2 Å². The standard InChI is InChI=1S/C41H33F2N9O7S/c42-24-4-8-30(53)27(18-24)35(37(56)46-41-44-11-16-60-41)51-20-22-2-1-21(17-26(22)38(51)57)28-6-9-31(48-47-28)50-14-12-49(13-15-50)19-23-3-5-25-33(34(23)43)40(59)52(39(25)58)29-7-10-32(54)45-36(29)55/h1-6,8-9,11,16-18,29,35,53H,7,10,12-15,19-20H2,(H,44,46,56)(H,45,54,55). The first-order chi connectivity index (χ1) is 28.9. The highest BCUT2D eigenvalue weighted by Crippen LogP contribution is 2.38. The predicted octanol–water partition coefficient (Wildman–Crippen LogP) is 3.64. The zero-order valence-corrected chi connectivity index (χ0v) is 32.2. The van der Waals surface area contributed by atoms with Gasteiger partial charge in [-0.25, -0.2) is 13.8 Å². The van der Waals surface area contributed by atoms with E-state index >= 15 is 4.39 Å². The summed E-state index contributed by atoms with van der Waals surface area (Å²) in [6.45, 7) is 2.30. The lowest BCUT2D eigenvalue weighted by Crippen LogP contribution is -2.54. The Morgan fingerprint density at radius 1 is 0.917 bits per heavy atom. The van der Waals surface area contributed by atoms with Crippen molar-refractivity contribution in [3.8, 4) is 17.0 Å². The number of benzene rings is 3. The van der Waals surface area contributed by atoms with Gasteiger partial charge in [0.1, 0.15) is 29.5 Å². The summed E-state index contributed by atoms with van der Waals surface area (Å²) in [5, 5.41) is 26.3. The molecule has 4 aliphatic heterocycles. The van der Waals surface area contributed by atoms with Gasteiger partial charge >= 0.3 is 0 Å². The molecule has 0 radical (unpaired) electrons. The quantitative estimate of drug-likeness (QED) is 0.183. The topological polar surface area (TPSA) is 198 Å². The average molecular weight is 834 g/mol. The van der Waals surface area contributed by atoms with Crippen LogP contribution in [-0.2, 0) is 27.5 Å². The second kappa shape index (κ2) is 15.3. The molecule has 0 aliphatic carbocycles. The van der Waals surface area contributed by atoms with Crippen molar-refractivity contribution in [1.82, 2.24) is 35.2 Å². The largest absolute Gasteiger partial charge is 0.508 e. The summed E-state index contributed by atoms with van der Waals surface area (Å²) in [7, 11) is 0. The molecule has 2 atom stereocenters. The van der Waals surface area contributed by atoms with Crippen molar-refractivity contribution in [3.05, 3.63) is 117 Å². The number of phenolic OH excluding ortho intramolecular Hbond substituents is 1. The number of imide groups is 2. The molecule has 9 rings (SSSR count). The first-order valence-corrected chi connectivity index (χ1v) is 19.8. The van der Waals surface area contributed by atoms with E-state index in [1.165, 1.54) is 34.6 Å². The number of aromatic hydroxyl groups is 1. The number of thiazole rings is 1. The fourth-order valence-electron chi connectivity index (χ4n) is 8.05. The van der Waals surface area contributed by atoms with Crippen LogP contribution in [-0.4, -0.2) is 103 Å². The number of fused-ring (bicyclic) bond motifs is 2. The number of piperidine rings is 1. The predicted molar refractivity (Wildman–Crippen MR) is 209 cm³/mol. The number of carbonyl (C=O) groups excluding carboxylic acids is 6. The molecule has 0 bridgehead atoms. The molecule has 2 saturated heterocycles. The van der Waals surface area contributed by atoms with E-state index in [-0.39, 0.29) is 59.1 Å². The summed E-state index contributed by atoms with van der Waals surface area (Å²) in [5.74, 6) is -5.32. The van der Waals surface area contributed by atoms with Crippen LogP contribution in [0, 0.1) is 11.6 Å². The monoisotopic (exact) mass is 833 g/mol. The molecule has 4 aliphatic rings. The van der Waals surface area contributed by atoms with Gasteiger partial charge < -0.3 is 14.9 Å². The number of phenols is 1. The maximum Gasteiger partial charge on any atom is 0.265 e. The second-order valence-electron chi connectivity index (χ2n) is 14.7. The zero-order chi connectivity index (χ0) is 41.8. The Hall–Kier alpha value is -6.99. The molecular formula is C41H33F2N9O7S.